The summed E-state index contributed by atoms with van der Waals surface area (Å²) in [5.74, 6) is -4.71. The van der Waals surface area contributed by atoms with Crippen molar-refractivity contribution in [2.45, 2.75) is 19.0 Å². The Hall–Kier alpha value is -2.84. The van der Waals surface area contributed by atoms with Gasteiger partial charge in [-0.05, 0) is 12.5 Å². The molecule has 1 unspecified atom stereocenters. The predicted octanol–water partition coefficient (Wildman–Crippen LogP) is 2.06. The second kappa shape index (κ2) is 6.23. The number of carboxylic acid groups (broad SMARTS) is 1. The summed E-state index contributed by atoms with van der Waals surface area (Å²) in [5, 5.41) is 12.1. The van der Waals surface area contributed by atoms with Crippen LogP contribution in [0.4, 0.5) is 13.2 Å². The fourth-order valence-corrected chi connectivity index (χ4v) is 3.16. The van der Waals surface area contributed by atoms with E-state index in [1.54, 1.807) is 0 Å². The molecule has 3 heterocycles. The Balaban J connectivity index is 2.31. The third-order valence-corrected chi connectivity index (χ3v) is 4.14. The highest BCUT2D eigenvalue weighted by Crippen LogP contribution is 2.43. The molecule has 0 fully saturated rings. The first-order chi connectivity index (χ1) is 11.9. The molecule has 2 atom stereocenters. The van der Waals surface area contributed by atoms with Crippen LogP contribution in [0.5, 0.6) is 0 Å². The molecule has 0 amide bonds. The summed E-state index contributed by atoms with van der Waals surface area (Å²) in [6.45, 7) is -0.290. The van der Waals surface area contributed by atoms with E-state index in [0.29, 0.717) is 0 Å². The number of nitrogens with one attached hydrogen (secondary N) is 1. The van der Waals surface area contributed by atoms with E-state index in [4.69, 9.17) is 4.74 Å². The monoisotopic (exact) mass is 354 g/mol. The maximum absolute atomic E-state index is 14.1. The Kier molecular flexibility index (Phi) is 4.23. The number of alkyl halides is 2. The lowest BCUT2D eigenvalue weighted by atomic mass is 9.79. The minimum atomic E-state index is -1.79. The van der Waals surface area contributed by atoms with E-state index in [0.717, 1.165) is 19.3 Å². The lowest BCUT2D eigenvalue weighted by molar-refractivity contribution is -0.136. The minimum Gasteiger partial charge on any atom is -0.478 e. The van der Waals surface area contributed by atoms with Crippen molar-refractivity contribution in [3.8, 4) is 0 Å². The van der Waals surface area contributed by atoms with E-state index in [1.807, 2.05) is 0 Å². The fraction of sp³-hybridized carbons (Fsp3) is 0.312. The van der Waals surface area contributed by atoms with Crippen LogP contribution in [0, 0.1) is 5.82 Å². The summed E-state index contributed by atoms with van der Waals surface area (Å²) >= 11 is 0. The number of halogens is 3. The van der Waals surface area contributed by atoms with Crippen LogP contribution in [0.25, 0.3) is 0 Å². The number of dihydropyridines is 1. The van der Waals surface area contributed by atoms with E-state index >= 15 is 0 Å². The molecule has 0 radical (unpaired) electrons. The van der Waals surface area contributed by atoms with Crippen molar-refractivity contribution in [3.05, 3.63) is 51.9 Å². The first-order valence-electron chi connectivity index (χ1n) is 7.33. The van der Waals surface area contributed by atoms with E-state index in [1.165, 1.54) is 0 Å². The number of allylic oxidation sites excluding steroid dienone is 1. The van der Waals surface area contributed by atoms with Gasteiger partial charge in [-0.15, -0.1) is 0 Å². The molecule has 2 aliphatic heterocycles. The maximum atomic E-state index is 14.1. The van der Waals surface area contributed by atoms with E-state index in [9.17, 15) is 27.9 Å². The first kappa shape index (κ1) is 17.0. The zero-order valence-corrected chi connectivity index (χ0v) is 13.0. The van der Waals surface area contributed by atoms with E-state index in [2.05, 4.69) is 10.3 Å². The number of esters is 1. The van der Waals surface area contributed by atoms with Crippen LogP contribution >= 0.6 is 0 Å². The number of carbonyl (C=O) groups excluding carboxylic acids is 1. The van der Waals surface area contributed by atoms with Gasteiger partial charge in [0.25, 0.3) is 0 Å². The van der Waals surface area contributed by atoms with Crippen molar-refractivity contribution in [2.24, 2.45) is 0 Å². The zero-order chi connectivity index (χ0) is 18.3. The lowest BCUT2D eigenvalue weighted by Gasteiger charge is -2.28. The Labute approximate surface area is 140 Å². The largest absolute Gasteiger partial charge is 0.478 e. The number of aliphatic carboxylic acids is 1. The first-order valence-corrected chi connectivity index (χ1v) is 7.33. The molecule has 6 nitrogen and oxygen atoms in total. The van der Waals surface area contributed by atoms with Crippen LogP contribution in [-0.4, -0.2) is 35.3 Å². The molecular formula is C16H13F3N2O4. The van der Waals surface area contributed by atoms with Crippen molar-refractivity contribution in [3.63, 3.8) is 0 Å². The van der Waals surface area contributed by atoms with Crippen LogP contribution in [0.1, 0.15) is 30.1 Å². The molecule has 0 saturated carbocycles. The number of hydrogen-bond donors (Lipinski definition) is 2. The highest BCUT2D eigenvalue weighted by molar-refractivity contribution is 6.00. The van der Waals surface area contributed by atoms with Crippen molar-refractivity contribution in [1.29, 1.82) is 0 Å². The standard InChI is InChI=1S/C16H13F3N2O4/c1-6(18)11-7(3-20-4-8(11)19)12-13(15(22)23)9(2-17)21-10-5-25-16(24)14(10)12/h3-4,6,12,21H,2,5H2,1H3,(H,22,23)/t6?,12-/m1/s1. The normalized spacial score (nSPS) is 21.0. The lowest BCUT2D eigenvalue weighted by Crippen LogP contribution is -2.32. The summed E-state index contributed by atoms with van der Waals surface area (Å²) in [5.41, 5.74) is -1.31. The molecule has 0 aliphatic carbocycles. The summed E-state index contributed by atoms with van der Waals surface area (Å²) < 4.78 is 46.4. The zero-order valence-electron chi connectivity index (χ0n) is 13.0. The second-order valence-corrected chi connectivity index (χ2v) is 5.60. The second-order valence-electron chi connectivity index (χ2n) is 5.60. The van der Waals surface area contributed by atoms with Gasteiger partial charge in [0, 0.05) is 11.8 Å². The van der Waals surface area contributed by atoms with Crippen molar-refractivity contribution >= 4 is 11.9 Å². The SMILES string of the molecule is CC(F)c1c(F)cncc1[C@@H]1C(C(=O)O)=C(CF)NC2=C1C(=O)OC2. The van der Waals surface area contributed by atoms with Crippen LogP contribution in [-0.2, 0) is 14.3 Å². The van der Waals surface area contributed by atoms with Crippen LogP contribution < -0.4 is 5.32 Å². The van der Waals surface area contributed by atoms with Crippen LogP contribution in [0.3, 0.4) is 0 Å². The van der Waals surface area contributed by atoms with Gasteiger partial charge in [-0.3, -0.25) is 4.98 Å². The molecule has 132 valence electrons. The van der Waals surface area contributed by atoms with Gasteiger partial charge in [0.2, 0.25) is 0 Å². The Bertz CT molecular complexity index is 833. The van der Waals surface area contributed by atoms with Gasteiger partial charge in [0.1, 0.15) is 25.3 Å². The van der Waals surface area contributed by atoms with Gasteiger partial charge in [-0.2, -0.15) is 0 Å². The minimum absolute atomic E-state index is 0.107. The molecule has 9 heteroatoms. The summed E-state index contributed by atoms with van der Waals surface area (Å²) in [6, 6.07) is 0. The Morgan fingerprint density at radius 3 is 2.84 bits per heavy atom. The maximum Gasteiger partial charge on any atom is 0.337 e. The van der Waals surface area contributed by atoms with Gasteiger partial charge >= 0.3 is 11.9 Å². The Morgan fingerprint density at radius 2 is 2.24 bits per heavy atom. The molecule has 3 rings (SSSR count). The third kappa shape index (κ3) is 2.65. The predicted molar refractivity (Wildman–Crippen MR) is 78.2 cm³/mol. The quantitative estimate of drug-likeness (QED) is 0.805. The number of cyclic esters (lactones) is 1. The van der Waals surface area contributed by atoms with Crippen molar-refractivity contribution in [1.82, 2.24) is 10.3 Å². The summed E-state index contributed by atoms with van der Waals surface area (Å²) in [7, 11) is 0. The number of pyridine rings is 1. The number of carbonyl (C=O) groups is 2. The van der Waals surface area contributed by atoms with Crippen molar-refractivity contribution < 1.29 is 32.6 Å². The molecule has 1 aromatic heterocycles. The Morgan fingerprint density at radius 1 is 1.52 bits per heavy atom. The van der Waals surface area contributed by atoms with Gasteiger partial charge in [0.15, 0.2) is 0 Å². The van der Waals surface area contributed by atoms with Gasteiger partial charge in [0.05, 0.1) is 34.7 Å². The van der Waals surface area contributed by atoms with E-state index in [-0.39, 0.29) is 29.1 Å². The molecule has 0 saturated heterocycles. The average molecular weight is 354 g/mol. The molecule has 2 aliphatic rings. The molecule has 1 aromatic rings. The van der Waals surface area contributed by atoms with Crippen LogP contribution in [0.15, 0.2) is 34.9 Å². The number of hydrogen-bond acceptors (Lipinski definition) is 5. The fourth-order valence-electron chi connectivity index (χ4n) is 3.16. The topological polar surface area (TPSA) is 88.5 Å². The number of rotatable bonds is 4. The number of nitrogens with zero attached hydrogens (tertiary/aromatic N) is 1. The van der Waals surface area contributed by atoms with Gasteiger partial charge in [-0.25, -0.2) is 22.8 Å². The number of aromatic nitrogens is 1. The highest BCUT2D eigenvalue weighted by Gasteiger charge is 2.43. The van der Waals surface area contributed by atoms with Gasteiger partial charge in [-0.1, -0.05) is 0 Å². The highest BCUT2D eigenvalue weighted by atomic mass is 19.1. The van der Waals surface area contributed by atoms with Crippen LogP contribution in [0.2, 0.25) is 0 Å². The summed E-state index contributed by atoms with van der Waals surface area (Å²) in [6.07, 6.45) is 0.0797. The molecule has 0 bridgehead atoms. The third-order valence-electron chi connectivity index (χ3n) is 4.14. The molecule has 25 heavy (non-hydrogen) atoms. The molecular weight excluding hydrogens is 341 g/mol. The molecule has 0 spiro atoms. The smallest absolute Gasteiger partial charge is 0.337 e. The molecule has 2 N–H and O–H groups in total. The number of carboxylic acids is 1. The number of ether oxygens (including phenoxy) is 1. The molecule has 0 aromatic carbocycles. The van der Waals surface area contributed by atoms with E-state index < -0.39 is 47.7 Å². The summed E-state index contributed by atoms with van der Waals surface area (Å²) in [4.78, 5) is 27.4. The van der Waals surface area contributed by atoms with Gasteiger partial charge < -0.3 is 15.2 Å². The van der Waals surface area contributed by atoms with Crippen molar-refractivity contribution in [2.75, 3.05) is 13.3 Å². The average Bonchev–Trinajstić information content (AvgIpc) is 2.93.